The second-order valence-electron chi connectivity index (χ2n) is 4.42. The summed E-state index contributed by atoms with van der Waals surface area (Å²) in [6.07, 6.45) is 0. The van der Waals surface area contributed by atoms with Crippen molar-refractivity contribution in [3.8, 4) is 0 Å². The maximum absolute atomic E-state index is 11.7. The standard InChI is InChI=1S/C15H17N3O/c1-11-4-2-5-12(8-11)10-17-15(19)18-14-7-3-6-13(16)9-14/h2-9H,10,16H2,1H3,(H2,17,18,19). The summed E-state index contributed by atoms with van der Waals surface area (Å²) in [7, 11) is 0. The Morgan fingerprint density at radius 3 is 2.68 bits per heavy atom. The summed E-state index contributed by atoms with van der Waals surface area (Å²) in [5.41, 5.74) is 9.20. The Hall–Kier alpha value is -2.49. The molecule has 0 atom stereocenters. The molecule has 4 heteroatoms. The Bertz CT molecular complexity index is 581. The number of nitrogen functional groups attached to an aromatic ring is 1. The first-order chi connectivity index (χ1) is 9.13. The number of anilines is 2. The molecule has 0 fully saturated rings. The van der Waals surface area contributed by atoms with E-state index >= 15 is 0 Å². The summed E-state index contributed by atoms with van der Waals surface area (Å²) >= 11 is 0. The third kappa shape index (κ3) is 4.03. The van der Waals surface area contributed by atoms with E-state index < -0.39 is 0 Å². The number of hydrogen-bond donors (Lipinski definition) is 3. The lowest BCUT2D eigenvalue weighted by molar-refractivity contribution is 0.251. The van der Waals surface area contributed by atoms with E-state index in [1.54, 1.807) is 24.3 Å². The molecule has 98 valence electrons. The molecule has 0 bridgehead atoms. The van der Waals surface area contributed by atoms with Crippen LogP contribution in [-0.2, 0) is 6.54 Å². The molecule has 2 aromatic rings. The van der Waals surface area contributed by atoms with E-state index in [2.05, 4.69) is 10.6 Å². The number of aryl methyl sites for hydroxylation is 1. The molecule has 2 rings (SSSR count). The van der Waals surface area contributed by atoms with Crippen LogP contribution in [0, 0.1) is 6.92 Å². The van der Waals surface area contributed by atoms with Crippen molar-refractivity contribution in [1.82, 2.24) is 5.32 Å². The summed E-state index contributed by atoms with van der Waals surface area (Å²) in [6, 6.07) is 14.9. The van der Waals surface area contributed by atoms with Crippen LogP contribution >= 0.6 is 0 Å². The molecule has 19 heavy (non-hydrogen) atoms. The van der Waals surface area contributed by atoms with E-state index in [4.69, 9.17) is 5.73 Å². The first-order valence-electron chi connectivity index (χ1n) is 6.09. The first-order valence-corrected chi connectivity index (χ1v) is 6.09. The van der Waals surface area contributed by atoms with Crippen LogP contribution in [0.5, 0.6) is 0 Å². The largest absolute Gasteiger partial charge is 0.399 e. The van der Waals surface area contributed by atoms with Crippen molar-refractivity contribution in [3.63, 3.8) is 0 Å². The van der Waals surface area contributed by atoms with Gasteiger partial charge in [-0.15, -0.1) is 0 Å². The molecule has 0 radical (unpaired) electrons. The minimum atomic E-state index is -0.243. The van der Waals surface area contributed by atoms with Crippen molar-refractivity contribution in [3.05, 3.63) is 59.7 Å². The van der Waals surface area contributed by atoms with Crippen LogP contribution in [0.25, 0.3) is 0 Å². The molecule has 2 aromatic carbocycles. The summed E-state index contributed by atoms with van der Waals surface area (Å²) in [5.74, 6) is 0. The molecule has 0 saturated carbocycles. The molecule has 0 heterocycles. The van der Waals surface area contributed by atoms with Crippen LogP contribution in [0.1, 0.15) is 11.1 Å². The van der Waals surface area contributed by atoms with Crippen LogP contribution in [0.2, 0.25) is 0 Å². The highest BCUT2D eigenvalue weighted by Gasteiger charge is 2.01. The van der Waals surface area contributed by atoms with E-state index in [9.17, 15) is 4.79 Å². The maximum Gasteiger partial charge on any atom is 0.319 e. The van der Waals surface area contributed by atoms with E-state index in [1.807, 2.05) is 31.2 Å². The van der Waals surface area contributed by atoms with Gasteiger partial charge in [0.1, 0.15) is 0 Å². The number of rotatable bonds is 3. The zero-order valence-electron chi connectivity index (χ0n) is 10.8. The number of benzene rings is 2. The lowest BCUT2D eigenvalue weighted by Gasteiger charge is -2.08. The number of amides is 2. The number of hydrogen-bond acceptors (Lipinski definition) is 2. The molecular formula is C15H17N3O. The molecule has 2 amide bonds. The lowest BCUT2D eigenvalue weighted by Crippen LogP contribution is -2.28. The fraction of sp³-hybridized carbons (Fsp3) is 0.133. The highest BCUT2D eigenvalue weighted by molar-refractivity contribution is 5.89. The molecule has 0 aliphatic rings. The summed E-state index contributed by atoms with van der Waals surface area (Å²) in [6.45, 7) is 2.52. The Kier molecular flexibility index (Phi) is 4.03. The van der Waals surface area contributed by atoms with Crippen molar-refractivity contribution < 1.29 is 4.79 Å². The second-order valence-corrected chi connectivity index (χ2v) is 4.42. The monoisotopic (exact) mass is 255 g/mol. The van der Waals surface area contributed by atoms with Crippen LogP contribution in [0.15, 0.2) is 48.5 Å². The van der Waals surface area contributed by atoms with E-state index in [1.165, 1.54) is 5.56 Å². The Morgan fingerprint density at radius 2 is 1.95 bits per heavy atom. The van der Waals surface area contributed by atoms with Crippen molar-refractivity contribution in [2.24, 2.45) is 0 Å². The molecule has 4 N–H and O–H groups in total. The Labute approximate surface area is 112 Å². The van der Waals surface area contributed by atoms with Gasteiger partial charge in [0.25, 0.3) is 0 Å². The van der Waals surface area contributed by atoms with Gasteiger partial charge in [-0.3, -0.25) is 0 Å². The van der Waals surface area contributed by atoms with Crippen LogP contribution in [-0.4, -0.2) is 6.03 Å². The van der Waals surface area contributed by atoms with Gasteiger partial charge in [-0.25, -0.2) is 4.79 Å². The first kappa shape index (κ1) is 13.0. The number of carbonyl (C=O) groups is 1. The van der Waals surface area contributed by atoms with E-state index in [0.29, 0.717) is 17.9 Å². The third-order valence-electron chi connectivity index (χ3n) is 2.68. The molecule has 0 aliphatic carbocycles. The Morgan fingerprint density at radius 1 is 1.16 bits per heavy atom. The molecular weight excluding hydrogens is 238 g/mol. The summed E-state index contributed by atoms with van der Waals surface area (Å²) in [4.78, 5) is 11.7. The smallest absolute Gasteiger partial charge is 0.319 e. The fourth-order valence-corrected chi connectivity index (χ4v) is 1.80. The van der Waals surface area contributed by atoms with Crippen molar-refractivity contribution in [2.45, 2.75) is 13.5 Å². The van der Waals surface area contributed by atoms with E-state index in [-0.39, 0.29) is 6.03 Å². The van der Waals surface area contributed by atoms with Gasteiger partial charge in [-0.2, -0.15) is 0 Å². The molecule has 0 saturated heterocycles. The molecule has 0 aromatic heterocycles. The van der Waals surface area contributed by atoms with Gasteiger partial charge in [0.15, 0.2) is 0 Å². The van der Waals surface area contributed by atoms with Crippen LogP contribution in [0.3, 0.4) is 0 Å². The molecule has 0 spiro atoms. The lowest BCUT2D eigenvalue weighted by atomic mass is 10.1. The fourth-order valence-electron chi connectivity index (χ4n) is 1.80. The van der Waals surface area contributed by atoms with Gasteiger partial charge in [-0.1, -0.05) is 35.9 Å². The molecule has 0 unspecified atom stereocenters. The van der Waals surface area contributed by atoms with Crippen molar-refractivity contribution in [2.75, 3.05) is 11.1 Å². The van der Waals surface area contributed by atoms with Gasteiger partial charge in [-0.05, 0) is 30.7 Å². The minimum absolute atomic E-state index is 0.243. The highest BCUT2D eigenvalue weighted by Crippen LogP contribution is 2.11. The zero-order valence-corrected chi connectivity index (χ0v) is 10.8. The average Bonchev–Trinajstić information content (AvgIpc) is 2.36. The quantitative estimate of drug-likeness (QED) is 0.738. The van der Waals surface area contributed by atoms with Gasteiger partial charge in [0.05, 0.1) is 0 Å². The minimum Gasteiger partial charge on any atom is -0.399 e. The number of nitrogens with two attached hydrogens (primary N) is 1. The van der Waals surface area contributed by atoms with Gasteiger partial charge in [0.2, 0.25) is 0 Å². The topological polar surface area (TPSA) is 67.2 Å². The van der Waals surface area contributed by atoms with Gasteiger partial charge < -0.3 is 16.4 Å². The maximum atomic E-state index is 11.7. The van der Waals surface area contributed by atoms with Crippen LogP contribution < -0.4 is 16.4 Å². The van der Waals surface area contributed by atoms with Gasteiger partial charge in [0, 0.05) is 17.9 Å². The SMILES string of the molecule is Cc1cccc(CNC(=O)Nc2cccc(N)c2)c1. The van der Waals surface area contributed by atoms with Crippen molar-refractivity contribution in [1.29, 1.82) is 0 Å². The van der Waals surface area contributed by atoms with E-state index in [0.717, 1.165) is 5.56 Å². The summed E-state index contributed by atoms with van der Waals surface area (Å²) in [5, 5.41) is 5.54. The van der Waals surface area contributed by atoms with Gasteiger partial charge >= 0.3 is 6.03 Å². The molecule has 4 nitrogen and oxygen atoms in total. The van der Waals surface area contributed by atoms with Crippen molar-refractivity contribution >= 4 is 17.4 Å². The number of nitrogens with one attached hydrogen (secondary N) is 2. The second kappa shape index (κ2) is 5.91. The number of urea groups is 1. The van der Waals surface area contributed by atoms with Crippen LogP contribution in [0.4, 0.5) is 16.2 Å². The predicted octanol–water partition coefficient (Wildman–Crippen LogP) is 2.90. The normalized spacial score (nSPS) is 9.95. The number of carbonyl (C=O) groups excluding carboxylic acids is 1. The summed E-state index contributed by atoms with van der Waals surface area (Å²) < 4.78 is 0. The predicted molar refractivity (Wildman–Crippen MR) is 77.9 cm³/mol. The molecule has 0 aliphatic heterocycles. The Balaban J connectivity index is 1.88. The highest BCUT2D eigenvalue weighted by atomic mass is 16.2. The third-order valence-corrected chi connectivity index (χ3v) is 2.68. The average molecular weight is 255 g/mol. The zero-order chi connectivity index (χ0) is 13.7.